The smallest absolute Gasteiger partial charge is 0.358 e. The molecule has 1 aromatic carbocycles. The lowest BCUT2D eigenvalue weighted by molar-refractivity contribution is 0.0690. The topological polar surface area (TPSA) is 123 Å². The molecule has 0 spiro atoms. The Balaban J connectivity index is 2.01. The van der Waals surface area contributed by atoms with Crippen molar-refractivity contribution < 1.29 is 14.7 Å². The van der Waals surface area contributed by atoms with E-state index in [4.69, 9.17) is 10.8 Å². The van der Waals surface area contributed by atoms with Gasteiger partial charge in [0, 0.05) is 12.2 Å². The first-order valence-electron chi connectivity index (χ1n) is 6.25. The van der Waals surface area contributed by atoms with Crippen LogP contribution in [0.2, 0.25) is 0 Å². The molecule has 8 heteroatoms. The molecule has 0 saturated heterocycles. The van der Waals surface area contributed by atoms with Crippen molar-refractivity contribution in [3.63, 3.8) is 0 Å². The van der Waals surface area contributed by atoms with Gasteiger partial charge in [-0.15, -0.1) is 5.10 Å². The number of hydrogen-bond donors (Lipinski definition) is 3. The molecule has 0 saturated carbocycles. The van der Waals surface area contributed by atoms with Gasteiger partial charge in [-0.05, 0) is 24.6 Å². The molecule has 2 rings (SSSR count). The summed E-state index contributed by atoms with van der Waals surface area (Å²) in [6.45, 7) is 2.77. The lowest BCUT2D eigenvalue weighted by Gasteiger charge is -2.10. The van der Waals surface area contributed by atoms with Gasteiger partial charge in [0.25, 0.3) is 5.91 Å². The molecular weight excluding hydrogens is 274 g/mol. The monoisotopic (exact) mass is 289 g/mol. The maximum absolute atomic E-state index is 11.3. The molecule has 2 aromatic rings. The minimum Gasteiger partial charge on any atom is -0.476 e. The van der Waals surface area contributed by atoms with E-state index in [0.717, 1.165) is 5.56 Å². The van der Waals surface area contributed by atoms with Crippen LogP contribution in [0, 0.1) is 6.92 Å². The quantitative estimate of drug-likeness (QED) is 0.711. The second-order valence-corrected chi connectivity index (χ2v) is 4.51. The Bertz CT molecular complexity index is 680. The number of nitrogens with zero attached hydrogens (tertiary/aromatic N) is 3. The molecule has 8 nitrogen and oxygen atoms in total. The zero-order valence-corrected chi connectivity index (χ0v) is 11.4. The Labute approximate surface area is 120 Å². The van der Waals surface area contributed by atoms with Crippen LogP contribution in [0.25, 0.3) is 0 Å². The number of carboxylic acids is 1. The molecule has 1 amide bonds. The van der Waals surface area contributed by atoms with E-state index in [1.807, 2.05) is 19.1 Å². The number of aromatic carboxylic acids is 1. The van der Waals surface area contributed by atoms with Gasteiger partial charge >= 0.3 is 5.97 Å². The van der Waals surface area contributed by atoms with Crippen molar-refractivity contribution in [1.82, 2.24) is 15.0 Å². The average molecular weight is 289 g/mol. The first kappa shape index (κ1) is 14.5. The summed E-state index contributed by atoms with van der Waals surface area (Å²) in [6.07, 6.45) is 1.34. The molecule has 0 unspecified atom stereocenters. The van der Waals surface area contributed by atoms with E-state index in [-0.39, 0.29) is 5.69 Å². The zero-order valence-electron chi connectivity index (χ0n) is 11.4. The summed E-state index contributed by atoms with van der Waals surface area (Å²) in [4.78, 5) is 22.0. The largest absolute Gasteiger partial charge is 0.476 e. The van der Waals surface area contributed by atoms with E-state index in [9.17, 15) is 9.59 Å². The van der Waals surface area contributed by atoms with E-state index in [1.54, 1.807) is 6.07 Å². The molecule has 1 heterocycles. The van der Waals surface area contributed by atoms with Crippen LogP contribution < -0.4 is 11.1 Å². The van der Waals surface area contributed by atoms with Crippen LogP contribution in [-0.4, -0.2) is 38.5 Å². The van der Waals surface area contributed by atoms with Crippen LogP contribution in [-0.2, 0) is 6.54 Å². The highest BCUT2D eigenvalue weighted by molar-refractivity contribution is 5.98. The van der Waals surface area contributed by atoms with Gasteiger partial charge in [0.1, 0.15) is 0 Å². The fraction of sp³-hybridized carbons (Fsp3) is 0.231. The first-order valence-corrected chi connectivity index (χ1v) is 6.25. The molecule has 110 valence electrons. The number of benzene rings is 1. The normalized spacial score (nSPS) is 10.3. The minimum atomic E-state index is -1.12. The van der Waals surface area contributed by atoms with Gasteiger partial charge in [0.05, 0.1) is 18.3 Å². The van der Waals surface area contributed by atoms with Crippen LogP contribution >= 0.6 is 0 Å². The van der Waals surface area contributed by atoms with Crippen LogP contribution in [0.5, 0.6) is 0 Å². The van der Waals surface area contributed by atoms with E-state index in [2.05, 4.69) is 15.6 Å². The zero-order chi connectivity index (χ0) is 15.4. The lowest BCUT2D eigenvalue weighted by Crippen LogP contribution is -2.17. The summed E-state index contributed by atoms with van der Waals surface area (Å²) in [6, 6.07) is 5.30. The van der Waals surface area contributed by atoms with Crippen molar-refractivity contribution in [2.24, 2.45) is 5.73 Å². The van der Waals surface area contributed by atoms with Gasteiger partial charge in [0.2, 0.25) is 0 Å². The molecule has 0 fully saturated rings. The summed E-state index contributed by atoms with van der Waals surface area (Å²) in [7, 11) is 0. The van der Waals surface area contributed by atoms with Crippen molar-refractivity contribution >= 4 is 17.6 Å². The third kappa shape index (κ3) is 3.56. The predicted molar refractivity (Wildman–Crippen MR) is 75.2 cm³/mol. The highest BCUT2D eigenvalue weighted by Crippen LogP contribution is 2.16. The Kier molecular flexibility index (Phi) is 4.17. The van der Waals surface area contributed by atoms with E-state index in [0.29, 0.717) is 24.3 Å². The van der Waals surface area contributed by atoms with E-state index in [1.165, 1.54) is 10.9 Å². The maximum atomic E-state index is 11.3. The number of nitrogens with two attached hydrogens (primary N) is 1. The average Bonchev–Trinajstić information content (AvgIpc) is 2.87. The number of carbonyl (C=O) groups excluding carboxylic acids is 1. The number of anilines is 1. The van der Waals surface area contributed by atoms with Crippen molar-refractivity contribution in [3.05, 3.63) is 41.2 Å². The van der Waals surface area contributed by atoms with Gasteiger partial charge in [-0.25, -0.2) is 9.48 Å². The molecule has 0 aliphatic rings. The Morgan fingerprint density at radius 3 is 2.81 bits per heavy atom. The second kappa shape index (κ2) is 6.04. The molecule has 0 bridgehead atoms. The molecule has 4 N–H and O–H groups in total. The van der Waals surface area contributed by atoms with Gasteiger partial charge in [0.15, 0.2) is 5.69 Å². The van der Waals surface area contributed by atoms with Crippen LogP contribution in [0.4, 0.5) is 5.69 Å². The lowest BCUT2D eigenvalue weighted by atomic mass is 10.1. The van der Waals surface area contributed by atoms with Crippen LogP contribution in [0.3, 0.4) is 0 Å². The van der Waals surface area contributed by atoms with Gasteiger partial charge in [-0.1, -0.05) is 11.3 Å². The molecule has 1 aromatic heterocycles. The number of hydrogen-bond acceptors (Lipinski definition) is 5. The Hall–Kier alpha value is -2.90. The number of carbonyl (C=O) groups is 2. The van der Waals surface area contributed by atoms with Gasteiger partial charge in [-0.3, -0.25) is 4.79 Å². The second-order valence-electron chi connectivity index (χ2n) is 4.51. The fourth-order valence-electron chi connectivity index (χ4n) is 1.83. The van der Waals surface area contributed by atoms with E-state index >= 15 is 0 Å². The summed E-state index contributed by atoms with van der Waals surface area (Å²) in [5, 5.41) is 19.0. The minimum absolute atomic E-state index is 0.108. The highest BCUT2D eigenvalue weighted by atomic mass is 16.4. The van der Waals surface area contributed by atoms with Crippen molar-refractivity contribution in [1.29, 1.82) is 0 Å². The first-order chi connectivity index (χ1) is 9.97. The summed E-state index contributed by atoms with van der Waals surface area (Å²) >= 11 is 0. The third-order valence-electron chi connectivity index (χ3n) is 2.85. The predicted octanol–water partition coefficient (Wildman–Crippen LogP) is 0.496. The molecule has 21 heavy (non-hydrogen) atoms. The summed E-state index contributed by atoms with van der Waals surface area (Å²) in [5.74, 6) is -1.63. The van der Waals surface area contributed by atoms with Crippen molar-refractivity contribution in [2.45, 2.75) is 13.5 Å². The molecule has 0 radical (unpaired) electrons. The number of aryl methyl sites for hydroxylation is 1. The number of rotatable bonds is 6. The summed E-state index contributed by atoms with van der Waals surface area (Å²) < 4.78 is 1.41. The molecular formula is C13H15N5O3. The SMILES string of the molecule is Cc1ccc(C(N)=O)c(NCCn2cc(C(=O)O)nn2)c1. The molecule has 0 atom stereocenters. The number of primary amides is 1. The maximum Gasteiger partial charge on any atom is 0.358 e. The number of aromatic nitrogens is 3. The van der Waals surface area contributed by atoms with E-state index < -0.39 is 11.9 Å². The standard InChI is InChI=1S/C13H15N5O3/c1-8-2-3-9(12(14)19)10(6-8)15-4-5-18-7-11(13(20)21)16-17-18/h2-3,6-7,15H,4-5H2,1H3,(H2,14,19)(H,20,21). The van der Waals surface area contributed by atoms with Gasteiger partial charge < -0.3 is 16.2 Å². The number of carboxylic acid groups (broad SMARTS) is 1. The van der Waals surface area contributed by atoms with Crippen molar-refractivity contribution in [3.8, 4) is 0 Å². The third-order valence-corrected chi connectivity index (χ3v) is 2.85. The van der Waals surface area contributed by atoms with Crippen molar-refractivity contribution in [2.75, 3.05) is 11.9 Å². The Morgan fingerprint density at radius 1 is 1.43 bits per heavy atom. The Morgan fingerprint density at radius 2 is 2.19 bits per heavy atom. The number of nitrogens with one attached hydrogen (secondary N) is 1. The van der Waals surface area contributed by atoms with Crippen LogP contribution in [0.15, 0.2) is 24.4 Å². The van der Waals surface area contributed by atoms with Crippen LogP contribution in [0.1, 0.15) is 26.4 Å². The number of amides is 1. The van der Waals surface area contributed by atoms with Gasteiger partial charge in [-0.2, -0.15) is 0 Å². The fourth-order valence-corrected chi connectivity index (χ4v) is 1.83. The molecule has 0 aliphatic heterocycles. The molecule has 0 aliphatic carbocycles. The summed E-state index contributed by atoms with van der Waals surface area (Å²) in [5.41, 5.74) is 7.25. The highest BCUT2D eigenvalue weighted by Gasteiger charge is 2.09.